The molecule has 0 saturated carbocycles. The van der Waals surface area contributed by atoms with E-state index < -0.39 is 6.10 Å². The van der Waals surface area contributed by atoms with E-state index >= 15 is 0 Å². The molecular formula is C8H8N4OS. The number of nitrogen functional groups attached to an aromatic ring is 1. The summed E-state index contributed by atoms with van der Waals surface area (Å²) in [4.78, 5) is 12.2. The van der Waals surface area contributed by atoms with Gasteiger partial charge in [-0.1, -0.05) is 11.3 Å². The molecule has 1 atom stereocenters. The Labute approximate surface area is 84.3 Å². The largest absolute Gasteiger partial charge is 0.383 e. The SMILES string of the molecule is Nc1ncc(C(O)c2cncnc2)s1. The van der Waals surface area contributed by atoms with Crippen LogP contribution in [-0.2, 0) is 0 Å². The maximum atomic E-state index is 9.84. The number of rotatable bonds is 2. The molecule has 2 aromatic heterocycles. The Balaban J connectivity index is 2.29. The van der Waals surface area contributed by atoms with Crippen molar-refractivity contribution in [2.45, 2.75) is 6.10 Å². The maximum absolute atomic E-state index is 9.84. The average molecular weight is 208 g/mol. The Kier molecular flexibility index (Phi) is 2.38. The minimum Gasteiger partial charge on any atom is -0.383 e. The van der Waals surface area contributed by atoms with Gasteiger partial charge in [-0.3, -0.25) is 0 Å². The molecule has 6 heteroatoms. The summed E-state index contributed by atoms with van der Waals surface area (Å²) in [5, 5.41) is 10.3. The van der Waals surface area contributed by atoms with Crippen LogP contribution in [-0.4, -0.2) is 20.1 Å². The zero-order valence-electron chi connectivity index (χ0n) is 7.16. The second-order valence-corrected chi connectivity index (χ2v) is 3.77. The maximum Gasteiger partial charge on any atom is 0.180 e. The number of hydrogen-bond donors (Lipinski definition) is 2. The van der Waals surface area contributed by atoms with Gasteiger partial charge >= 0.3 is 0 Å². The van der Waals surface area contributed by atoms with Crippen molar-refractivity contribution in [2.75, 3.05) is 5.73 Å². The highest BCUT2D eigenvalue weighted by Gasteiger charge is 2.13. The lowest BCUT2D eigenvalue weighted by atomic mass is 10.2. The predicted octanol–water partition coefficient (Wildman–Crippen LogP) is 0.597. The van der Waals surface area contributed by atoms with Gasteiger partial charge in [0.05, 0.1) is 4.88 Å². The summed E-state index contributed by atoms with van der Waals surface area (Å²) in [6.07, 6.45) is 5.35. The lowest BCUT2D eigenvalue weighted by Gasteiger charge is -2.05. The standard InChI is InChI=1S/C8H8N4OS/c9-8-12-3-6(14-8)7(13)5-1-10-4-11-2-5/h1-4,7,13H,(H2,9,12). The normalized spacial score (nSPS) is 12.6. The highest BCUT2D eigenvalue weighted by Crippen LogP contribution is 2.26. The second kappa shape index (κ2) is 3.69. The molecule has 0 aromatic carbocycles. The summed E-state index contributed by atoms with van der Waals surface area (Å²) in [6.45, 7) is 0. The van der Waals surface area contributed by atoms with Gasteiger partial charge in [0.2, 0.25) is 0 Å². The van der Waals surface area contributed by atoms with Gasteiger partial charge in [-0.05, 0) is 0 Å². The second-order valence-electron chi connectivity index (χ2n) is 2.68. The Morgan fingerprint density at radius 3 is 2.57 bits per heavy atom. The Morgan fingerprint density at radius 1 is 1.29 bits per heavy atom. The molecule has 0 radical (unpaired) electrons. The van der Waals surface area contributed by atoms with Crippen molar-refractivity contribution in [3.05, 3.63) is 35.4 Å². The highest BCUT2D eigenvalue weighted by atomic mass is 32.1. The lowest BCUT2D eigenvalue weighted by molar-refractivity contribution is 0.223. The number of aliphatic hydroxyl groups is 1. The molecule has 0 amide bonds. The molecule has 14 heavy (non-hydrogen) atoms. The molecule has 0 aliphatic carbocycles. The average Bonchev–Trinajstić information content (AvgIpc) is 2.65. The van der Waals surface area contributed by atoms with Gasteiger partial charge in [0.15, 0.2) is 5.13 Å². The fraction of sp³-hybridized carbons (Fsp3) is 0.125. The number of hydrogen-bond acceptors (Lipinski definition) is 6. The summed E-state index contributed by atoms with van der Waals surface area (Å²) in [7, 11) is 0. The van der Waals surface area contributed by atoms with Crippen molar-refractivity contribution in [1.29, 1.82) is 0 Å². The van der Waals surface area contributed by atoms with Crippen molar-refractivity contribution < 1.29 is 5.11 Å². The predicted molar refractivity (Wildman–Crippen MR) is 52.6 cm³/mol. The first-order chi connectivity index (χ1) is 6.77. The first-order valence-corrected chi connectivity index (χ1v) is 4.73. The van der Waals surface area contributed by atoms with Gasteiger partial charge in [0.25, 0.3) is 0 Å². The van der Waals surface area contributed by atoms with Gasteiger partial charge in [-0.25, -0.2) is 15.0 Å². The Hall–Kier alpha value is -1.53. The molecule has 0 spiro atoms. The van der Waals surface area contributed by atoms with E-state index in [-0.39, 0.29) is 0 Å². The molecule has 2 rings (SSSR count). The number of nitrogens with zero attached hydrogens (tertiary/aromatic N) is 3. The van der Waals surface area contributed by atoms with E-state index in [4.69, 9.17) is 5.73 Å². The smallest absolute Gasteiger partial charge is 0.180 e. The number of aromatic nitrogens is 3. The molecule has 72 valence electrons. The van der Waals surface area contributed by atoms with Crippen LogP contribution in [0, 0.1) is 0 Å². The molecule has 2 heterocycles. The molecule has 0 fully saturated rings. The molecule has 3 N–H and O–H groups in total. The van der Waals surface area contributed by atoms with E-state index in [1.54, 1.807) is 18.6 Å². The van der Waals surface area contributed by atoms with Gasteiger partial charge in [0.1, 0.15) is 12.4 Å². The van der Waals surface area contributed by atoms with Crippen molar-refractivity contribution in [1.82, 2.24) is 15.0 Å². The Morgan fingerprint density at radius 2 is 2.00 bits per heavy atom. The number of anilines is 1. The molecular weight excluding hydrogens is 200 g/mol. The van der Waals surface area contributed by atoms with Crippen LogP contribution < -0.4 is 5.73 Å². The molecule has 0 aliphatic rings. The third-order valence-corrected chi connectivity index (χ3v) is 2.59. The molecule has 0 aliphatic heterocycles. The zero-order chi connectivity index (χ0) is 9.97. The summed E-state index contributed by atoms with van der Waals surface area (Å²) in [5.74, 6) is 0. The molecule has 0 saturated heterocycles. The fourth-order valence-corrected chi connectivity index (χ4v) is 1.74. The first-order valence-electron chi connectivity index (χ1n) is 3.91. The summed E-state index contributed by atoms with van der Waals surface area (Å²) < 4.78 is 0. The van der Waals surface area contributed by atoms with E-state index in [1.807, 2.05) is 0 Å². The van der Waals surface area contributed by atoms with E-state index in [0.717, 1.165) is 0 Å². The first kappa shape index (κ1) is 9.04. The minimum absolute atomic E-state index is 0.441. The van der Waals surface area contributed by atoms with Crippen molar-refractivity contribution >= 4 is 16.5 Å². The highest BCUT2D eigenvalue weighted by molar-refractivity contribution is 7.15. The van der Waals surface area contributed by atoms with Crippen LogP contribution >= 0.6 is 11.3 Å². The third-order valence-electron chi connectivity index (χ3n) is 1.71. The van der Waals surface area contributed by atoms with E-state index in [1.165, 1.54) is 17.7 Å². The zero-order valence-corrected chi connectivity index (χ0v) is 7.98. The topological polar surface area (TPSA) is 84.9 Å². The van der Waals surface area contributed by atoms with Crippen LogP contribution in [0.2, 0.25) is 0 Å². The fourth-order valence-electron chi connectivity index (χ4n) is 1.04. The van der Waals surface area contributed by atoms with Crippen LogP contribution in [0.5, 0.6) is 0 Å². The van der Waals surface area contributed by atoms with Crippen LogP contribution in [0.3, 0.4) is 0 Å². The van der Waals surface area contributed by atoms with Gasteiger partial charge < -0.3 is 10.8 Å². The molecule has 5 nitrogen and oxygen atoms in total. The lowest BCUT2D eigenvalue weighted by Crippen LogP contribution is -1.98. The van der Waals surface area contributed by atoms with Crippen LogP contribution in [0.15, 0.2) is 24.9 Å². The molecule has 0 bridgehead atoms. The summed E-state index contributed by atoms with van der Waals surface area (Å²) >= 11 is 1.25. The summed E-state index contributed by atoms with van der Waals surface area (Å²) in [6, 6.07) is 0. The van der Waals surface area contributed by atoms with Gasteiger partial charge in [-0.15, -0.1) is 0 Å². The van der Waals surface area contributed by atoms with E-state index in [9.17, 15) is 5.11 Å². The third kappa shape index (κ3) is 1.70. The van der Waals surface area contributed by atoms with Crippen molar-refractivity contribution in [3.8, 4) is 0 Å². The van der Waals surface area contributed by atoms with E-state index in [2.05, 4.69) is 15.0 Å². The Bertz CT molecular complexity index is 416. The molecule has 1 unspecified atom stereocenters. The quantitative estimate of drug-likeness (QED) is 0.754. The van der Waals surface area contributed by atoms with E-state index in [0.29, 0.717) is 15.6 Å². The van der Waals surface area contributed by atoms with Crippen molar-refractivity contribution in [2.24, 2.45) is 0 Å². The van der Waals surface area contributed by atoms with Gasteiger partial charge in [0, 0.05) is 24.2 Å². The monoisotopic (exact) mass is 208 g/mol. The van der Waals surface area contributed by atoms with Crippen molar-refractivity contribution in [3.63, 3.8) is 0 Å². The van der Waals surface area contributed by atoms with Crippen LogP contribution in [0.1, 0.15) is 16.5 Å². The molecule has 2 aromatic rings. The summed E-state index contributed by atoms with van der Waals surface area (Å²) in [5.41, 5.74) is 6.09. The number of nitrogens with two attached hydrogens (primary N) is 1. The number of aliphatic hydroxyl groups excluding tert-OH is 1. The van der Waals surface area contributed by atoms with Crippen LogP contribution in [0.4, 0.5) is 5.13 Å². The van der Waals surface area contributed by atoms with Gasteiger partial charge in [-0.2, -0.15) is 0 Å². The number of thiazole rings is 1. The minimum atomic E-state index is -0.744. The van der Waals surface area contributed by atoms with Crippen LogP contribution in [0.25, 0.3) is 0 Å².